The van der Waals surface area contributed by atoms with Crippen molar-refractivity contribution in [3.8, 4) is 5.75 Å². The fraction of sp³-hybridized carbons (Fsp3) is 0.400. The van der Waals surface area contributed by atoms with Crippen molar-refractivity contribution in [3.05, 3.63) is 41.5 Å². The average molecular weight is 228 g/mol. The lowest BCUT2D eigenvalue weighted by atomic mass is 9.62. The number of hydrogen-bond donors (Lipinski definition) is 0. The maximum absolute atomic E-state index is 12.2. The Balaban J connectivity index is 2.30. The summed E-state index contributed by atoms with van der Waals surface area (Å²) in [5, 5.41) is 0. The first-order valence-corrected chi connectivity index (χ1v) is 5.98. The van der Waals surface area contributed by atoms with E-state index in [4.69, 9.17) is 4.74 Å². The first-order valence-electron chi connectivity index (χ1n) is 5.98. The van der Waals surface area contributed by atoms with Gasteiger partial charge in [-0.05, 0) is 26.3 Å². The Morgan fingerprint density at radius 2 is 2.06 bits per heavy atom. The second-order valence-electron chi connectivity index (χ2n) is 5.53. The number of ether oxygens (including phenoxy) is 1. The van der Waals surface area contributed by atoms with Gasteiger partial charge < -0.3 is 4.74 Å². The topological polar surface area (TPSA) is 26.3 Å². The van der Waals surface area contributed by atoms with E-state index < -0.39 is 5.41 Å². The van der Waals surface area contributed by atoms with Gasteiger partial charge in [0, 0.05) is 11.0 Å². The van der Waals surface area contributed by atoms with E-state index in [1.807, 2.05) is 19.1 Å². The highest BCUT2D eigenvalue weighted by Gasteiger charge is 2.56. The lowest BCUT2D eigenvalue weighted by Gasteiger charge is -2.43. The number of esters is 1. The van der Waals surface area contributed by atoms with Crippen LogP contribution < -0.4 is 4.74 Å². The van der Waals surface area contributed by atoms with Crippen molar-refractivity contribution >= 4 is 5.97 Å². The third-order valence-electron chi connectivity index (χ3n) is 4.47. The van der Waals surface area contributed by atoms with E-state index in [0.717, 1.165) is 12.0 Å². The number of carbonyl (C=O) groups excluding carboxylic acids is 1. The van der Waals surface area contributed by atoms with E-state index in [9.17, 15) is 4.79 Å². The average Bonchev–Trinajstić information content (AvgIpc) is 2.60. The van der Waals surface area contributed by atoms with E-state index in [2.05, 4.69) is 32.1 Å². The van der Waals surface area contributed by atoms with Crippen molar-refractivity contribution < 1.29 is 9.53 Å². The maximum Gasteiger partial charge on any atom is 0.318 e. The van der Waals surface area contributed by atoms with Crippen molar-refractivity contribution in [1.82, 2.24) is 0 Å². The van der Waals surface area contributed by atoms with Gasteiger partial charge in [-0.15, -0.1) is 0 Å². The van der Waals surface area contributed by atoms with Crippen LogP contribution in [0, 0.1) is 12.3 Å². The Morgan fingerprint density at radius 3 is 2.82 bits per heavy atom. The molecule has 2 heteroatoms. The molecule has 1 aliphatic heterocycles. The maximum atomic E-state index is 12.2. The quantitative estimate of drug-likeness (QED) is 0.387. The van der Waals surface area contributed by atoms with Crippen LogP contribution in [-0.4, -0.2) is 5.97 Å². The van der Waals surface area contributed by atoms with E-state index >= 15 is 0 Å². The second kappa shape index (κ2) is 3.00. The van der Waals surface area contributed by atoms with Crippen LogP contribution in [0.25, 0.3) is 0 Å². The largest absolute Gasteiger partial charge is 0.426 e. The Hall–Kier alpha value is -1.57. The zero-order valence-electron chi connectivity index (χ0n) is 10.4. The minimum absolute atomic E-state index is 0.110. The first kappa shape index (κ1) is 10.6. The summed E-state index contributed by atoms with van der Waals surface area (Å²) in [6.07, 6.45) is 5.01. The molecule has 88 valence electrons. The predicted molar refractivity (Wildman–Crippen MR) is 66.0 cm³/mol. The highest BCUT2D eigenvalue weighted by molar-refractivity contribution is 5.86. The highest BCUT2D eigenvalue weighted by atomic mass is 16.5. The lowest BCUT2D eigenvalue weighted by molar-refractivity contribution is -0.149. The summed E-state index contributed by atoms with van der Waals surface area (Å²) in [5.41, 5.74) is 1.65. The zero-order chi connectivity index (χ0) is 12.3. The van der Waals surface area contributed by atoms with Crippen LogP contribution in [0.5, 0.6) is 5.75 Å². The molecule has 0 radical (unpaired) electrons. The normalized spacial score (nSPS) is 34.2. The Morgan fingerprint density at radius 1 is 1.29 bits per heavy atom. The van der Waals surface area contributed by atoms with Crippen molar-refractivity contribution in [2.75, 3.05) is 0 Å². The van der Waals surface area contributed by atoms with Gasteiger partial charge in [0.25, 0.3) is 0 Å². The summed E-state index contributed by atoms with van der Waals surface area (Å²) >= 11 is 0. The number of carbonyl (C=O) groups is 1. The van der Waals surface area contributed by atoms with Crippen LogP contribution in [0.1, 0.15) is 31.4 Å². The molecule has 2 atom stereocenters. The van der Waals surface area contributed by atoms with Gasteiger partial charge in [0.1, 0.15) is 5.75 Å². The molecule has 0 N–H and O–H groups in total. The van der Waals surface area contributed by atoms with Crippen LogP contribution >= 0.6 is 0 Å². The van der Waals surface area contributed by atoms with Crippen molar-refractivity contribution in [1.29, 1.82) is 0 Å². The molecule has 17 heavy (non-hydrogen) atoms. The number of aryl methyl sites for hydroxylation is 1. The molecule has 1 aliphatic carbocycles. The number of fused-ring (bicyclic) bond motifs is 3. The number of benzene rings is 1. The minimum Gasteiger partial charge on any atom is -0.426 e. The summed E-state index contributed by atoms with van der Waals surface area (Å²) in [6, 6.07) is 6.02. The molecule has 0 fully saturated rings. The number of allylic oxidation sites excluding steroid dienone is 2. The first-order chi connectivity index (χ1) is 7.97. The second-order valence-corrected chi connectivity index (χ2v) is 5.53. The molecule has 0 bridgehead atoms. The fourth-order valence-corrected chi connectivity index (χ4v) is 2.96. The molecule has 0 spiro atoms. The molecular formula is C15H16O2. The summed E-state index contributed by atoms with van der Waals surface area (Å²) in [7, 11) is 0. The van der Waals surface area contributed by atoms with Crippen molar-refractivity contribution in [3.63, 3.8) is 0 Å². The van der Waals surface area contributed by atoms with Gasteiger partial charge in [-0.3, -0.25) is 4.79 Å². The van der Waals surface area contributed by atoms with Crippen LogP contribution in [0.15, 0.2) is 30.4 Å². The summed E-state index contributed by atoms with van der Waals surface area (Å²) in [5.74, 6) is 0.605. The third-order valence-corrected chi connectivity index (χ3v) is 4.47. The van der Waals surface area contributed by atoms with Crippen LogP contribution in [-0.2, 0) is 10.2 Å². The monoisotopic (exact) mass is 228 g/mol. The van der Waals surface area contributed by atoms with E-state index in [1.54, 1.807) is 0 Å². The van der Waals surface area contributed by atoms with Crippen LogP contribution in [0.4, 0.5) is 0 Å². The molecule has 0 unspecified atom stereocenters. The number of rotatable bonds is 0. The zero-order valence-corrected chi connectivity index (χ0v) is 10.4. The molecule has 3 rings (SSSR count). The lowest BCUT2D eigenvalue weighted by Crippen LogP contribution is -2.48. The molecule has 2 nitrogen and oxygen atoms in total. The highest BCUT2D eigenvalue weighted by Crippen LogP contribution is 2.56. The molecule has 0 amide bonds. The van der Waals surface area contributed by atoms with Gasteiger partial charge in [0.05, 0.1) is 5.41 Å². The smallest absolute Gasteiger partial charge is 0.318 e. The third kappa shape index (κ3) is 1.13. The van der Waals surface area contributed by atoms with E-state index in [1.165, 1.54) is 5.56 Å². The molecular weight excluding hydrogens is 212 g/mol. The van der Waals surface area contributed by atoms with Gasteiger partial charge in [-0.1, -0.05) is 36.8 Å². The SMILES string of the molecule is Cc1ccc2c(c1)[C@@]1(C)C=CC[C@@]1(C)C(=O)O2. The fourth-order valence-electron chi connectivity index (χ4n) is 2.96. The Bertz CT molecular complexity index is 544. The van der Waals surface area contributed by atoms with E-state index in [-0.39, 0.29) is 11.4 Å². The van der Waals surface area contributed by atoms with Crippen LogP contribution in [0.3, 0.4) is 0 Å². The molecule has 1 heterocycles. The van der Waals surface area contributed by atoms with Crippen molar-refractivity contribution in [2.45, 2.75) is 32.6 Å². The van der Waals surface area contributed by atoms with Gasteiger partial charge in [0.15, 0.2) is 0 Å². The van der Waals surface area contributed by atoms with Gasteiger partial charge in [0.2, 0.25) is 0 Å². The molecule has 0 saturated carbocycles. The molecule has 0 aromatic heterocycles. The molecule has 1 aromatic carbocycles. The summed E-state index contributed by atoms with van der Waals surface area (Å²) < 4.78 is 5.49. The van der Waals surface area contributed by atoms with E-state index in [0.29, 0.717) is 5.75 Å². The van der Waals surface area contributed by atoms with Crippen LogP contribution in [0.2, 0.25) is 0 Å². The Labute approximate surface area is 101 Å². The van der Waals surface area contributed by atoms with Crippen molar-refractivity contribution in [2.24, 2.45) is 5.41 Å². The number of hydrogen-bond acceptors (Lipinski definition) is 2. The van der Waals surface area contributed by atoms with Gasteiger partial charge in [-0.2, -0.15) is 0 Å². The summed E-state index contributed by atoms with van der Waals surface area (Å²) in [6.45, 7) is 6.20. The molecule has 2 aliphatic rings. The van der Waals surface area contributed by atoms with Gasteiger partial charge in [-0.25, -0.2) is 0 Å². The van der Waals surface area contributed by atoms with Gasteiger partial charge >= 0.3 is 5.97 Å². The minimum atomic E-state index is -0.451. The Kier molecular flexibility index (Phi) is 1.87. The molecule has 0 saturated heterocycles. The predicted octanol–water partition coefficient (Wildman–Crippen LogP) is 3.14. The standard InChI is InChI=1S/C15H16O2/c1-10-5-6-12-11(9-10)14(2)7-4-8-15(14,3)13(16)17-12/h4-7,9H,8H2,1-3H3/t14-,15+/m1/s1. The molecule has 1 aromatic rings. The summed E-state index contributed by atoms with van der Waals surface area (Å²) in [4.78, 5) is 12.2.